The number of rotatable bonds is 6. The summed E-state index contributed by atoms with van der Waals surface area (Å²) < 4.78 is 16.3. The van der Waals surface area contributed by atoms with Gasteiger partial charge < -0.3 is 10.6 Å². The van der Waals surface area contributed by atoms with Crippen LogP contribution in [0.25, 0.3) is 0 Å². The summed E-state index contributed by atoms with van der Waals surface area (Å²) in [6, 6.07) is 3.58. The van der Waals surface area contributed by atoms with Crippen LogP contribution in [0.4, 0.5) is 15.8 Å². The number of likely N-dealkylation sites (tertiary alicyclic amines) is 1. The predicted octanol–water partition coefficient (Wildman–Crippen LogP) is 5.01. The van der Waals surface area contributed by atoms with Crippen molar-refractivity contribution in [1.82, 2.24) is 14.7 Å². The third-order valence-corrected chi connectivity index (χ3v) is 5.71. The van der Waals surface area contributed by atoms with Gasteiger partial charge in [-0.1, -0.05) is 30.1 Å². The number of nitrogens with zero attached hydrogens (tertiary/aromatic N) is 5. The van der Waals surface area contributed by atoms with Gasteiger partial charge in [0.05, 0.1) is 11.9 Å². The van der Waals surface area contributed by atoms with Crippen LogP contribution in [-0.4, -0.2) is 61.0 Å². The Bertz CT molecular complexity index is 883. The summed E-state index contributed by atoms with van der Waals surface area (Å²) in [4.78, 5) is 10.5. The third-order valence-electron chi connectivity index (χ3n) is 5.00. The molecule has 1 aromatic heterocycles. The number of hydrogen-bond donors (Lipinski definition) is 1. The molecule has 0 saturated carbocycles. The SMILES string of the molecule is C=Nc1cc(C2CCN(C)CC2F)c(Cl)cc1C=Nc1cnn(CCC)c1Cl.CN. The number of alkyl halides is 1. The van der Waals surface area contributed by atoms with Gasteiger partial charge in [0.15, 0.2) is 5.15 Å². The van der Waals surface area contributed by atoms with E-state index in [1.807, 2.05) is 18.0 Å². The largest absolute Gasteiger partial charge is 0.333 e. The summed E-state index contributed by atoms with van der Waals surface area (Å²) in [5.41, 5.74) is 7.16. The normalized spacial score (nSPS) is 19.6. The average Bonchev–Trinajstić information content (AvgIpc) is 3.08. The molecular weight excluding hydrogens is 426 g/mol. The second-order valence-electron chi connectivity index (χ2n) is 7.07. The Morgan fingerprint density at radius 2 is 2.07 bits per heavy atom. The van der Waals surface area contributed by atoms with E-state index >= 15 is 0 Å². The molecule has 3 rings (SSSR count). The topological polar surface area (TPSA) is 71.8 Å². The van der Waals surface area contributed by atoms with Gasteiger partial charge in [0.1, 0.15) is 11.9 Å². The highest BCUT2D eigenvalue weighted by Gasteiger charge is 2.30. The standard InChI is InChI=1S/C20H24Cl2FN5.CH5N/c1-4-6-28-20(22)19(11-26-28)25-10-13-8-16(21)15(9-18(13)24-2)14-5-7-27(3)12-17(14)23;1-2/h8-11,14,17H,2,4-7,12H2,1,3H3;2H2,1H3. The van der Waals surface area contributed by atoms with E-state index in [1.54, 1.807) is 23.2 Å². The molecule has 2 atom stereocenters. The molecule has 2 unspecified atom stereocenters. The molecule has 1 saturated heterocycles. The Balaban J connectivity index is 0.00000155. The van der Waals surface area contributed by atoms with E-state index in [1.165, 1.54) is 7.05 Å². The predicted molar refractivity (Wildman–Crippen MR) is 125 cm³/mol. The molecule has 30 heavy (non-hydrogen) atoms. The molecule has 1 aliphatic rings. The van der Waals surface area contributed by atoms with Crippen LogP contribution in [0.3, 0.4) is 0 Å². The molecule has 0 bridgehead atoms. The first-order valence-electron chi connectivity index (χ1n) is 9.90. The summed E-state index contributed by atoms with van der Waals surface area (Å²) in [5.74, 6) is -0.239. The molecule has 2 heterocycles. The van der Waals surface area contributed by atoms with E-state index in [2.05, 4.69) is 34.5 Å². The van der Waals surface area contributed by atoms with E-state index < -0.39 is 6.17 Å². The van der Waals surface area contributed by atoms with Crippen LogP contribution in [-0.2, 0) is 6.54 Å². The zero-order valence-electron chi connectivity index (χ0n) is 17.7. The van der Waals surface area contributed by atoms with Gasteiger partial charge in [0, 0.05) is 35.8 Å². The fourth-order valence-corrected chi connectivity index (χ4v) is 4.02. The number of halogens is 3. The first-order valence-corrected chi connectivity index (χ1v) is 10.7. The lowest BCUT2D eigenvalue weighted by Crippen LogP contribution is -2.38. The number of aromatic nitrogens is 2. The number of aliphatic imine (C=N–C) groups is 2. The van der Waals surface area contributed by atoms with Crippen molar-refractivity contribution < 1.29 is 4.39 Å². The molecule has 164 valence electrons. The van der Waals surface area contributed by atoms with E-state index in [-0.39, 0.29) is 5.92 Å². The Hall–Kier alpha value is -1.80. The molecule has 2 N–H and O–H groups in total. The highest BCUT2D eigenvalue weighted by Crippen LogP contribution is 2.38. The van der Waals surface area contributed by atoms with Gasteiger partial charge in [-0.2, -0.15) is 5.10 Å². The molecule has 0 aliphatic carbocycles. The lowest BCUT2D eigenvalue weighted by atomic mass is 9.87. The van der Waals surface area contributed by atoms with Crippen molar-refractivity contribution in [2.75, 3.05) is 27.2 Å². The maximum atomic E-state index is 14.6. The lowest BCUT2D eigenvalue weighted by Gasteiger charge is -2.33. The Kier molecular flexibility index (Phi) is 9.42. The van der Waals surface area contributed by atoms with Gasteiger partial charge in [-0.15, -0.1) is 0 Å². The van der Waals surface area contributed by atoms with Crippen LogP contribution in [0.2, 0.25) is 10.2 Å². The minimum atomic E-state index is -0.961. The first-order chi connectivity index (χ1) is 14.4. The fraction of sp³-hybridized carbons (Fsp3) is 0.476. The van der Waals surface area contributed by atoms with Gasteiger partial charge in [-0.25, -0.2) is 4.39 Å². The molecule has 9 heteroatoms. The van der Waals surface area contributed by atoms with E-state index in [4.69, 9.17) is 23.2 Å². The molecule has 2 aromatic rings. The van der Waals surface area contributed by atoms with Crippen molar-refractivity contribution in [2.45, 2.75) is 38.4 Å². The van der Waals surface area contributed by atoms with Crippen molar-refractivity contribution >= 4 is 47.5 Å². The number of benzene rings is 1. The van der Waals surface area contributed by atoms with Crippen LogP contribution in [0.15, 0.2) is 28.3 Å². The van der Waals surface area contributed by atoms with E-state index in [0.29, 0.717) is 40.1 Å². The maximum absolute atomic E-state index is 14.6. The van der Waals surface area contributed by atoms with Gasteiger partial charge in [0.2, 0.25) is 0 Å². The van der Waals surface area contributed by atoms with Crippen LogP contribution in [0, 0.1) is 0 Å². The molecule has 0 spiro atoms. The Morgan fingerprint density at radius 3 is 2.70 bits per heavy atom. The van der Waals surface area contributed by atoms with Gasteiger partial charge in [-0.3, -0.25) is 14.7 Å². The van der Waals surface area contributed by atoms with Crippen molar-refractivity contribution in [3.8, 4) is 0 Å². The van der Waals surface area contributed by atoms with Gasteiger partial charge in [-0.05, 0) is 57.9 Å². The lowest BCUT2D eigenvalue weighted by molar-refractivity contribution is 0.139. The smallest absolute Gasteiger partial charge is 0.152 e. The van der Waals surface area contributed by atoms with Crippen molar-refractivity contribution in [3.63, 3.8) is 0 Å². The molecule has 6 nitrogen and oxygen atoms in total. The highest BCUT2D eigenvalue weighted by atomic mass is 35.5. The zero-order chi connectivity index (χ0) is 22.3. The van der Waals surface area contributed by atoms with E-state index in [0.717, 1.165) is 25.1 Å². The van der Waals surface area contributed by atoms with Crippen molar-refractivity contribution in [1.29, 1.82) is 0 Å². The summed E-state index contributed by atoms with van der Waals surface area (Å²) in [7, 11) is 3.43. The molecule has 1 aliphatic heterocycles. The number of piperidine rings is 1. The third kappa shape index (κ3) is 5.66. The fourth-order valence-electron chi connectivity index (χ4n) is 3.48. The zero-order valence-corrected chi connectivity index (χ0v) is 19.2. The number of nitrogens with two attached hydrogens (primary N) is 1. The van der Waals surface area contributed by atoms with Crippen molar-refractivity contribution in [3.05, 3.63) is 39.6 Å². The van der Waals surface area contributed by atoms with Crippen LogP contribution >= 0.6 is 23.2 Å². The monoisotopic (exact) mass is 454 g/mol. The summed E-state index contributed by atoms with van der Waals surface area (Å²) >= 11 is 12.8. The minimum Gasteiger partial charge on any atom is -0.333 e. The number of hydrogen-bond acceptors (Lipinski definition) is 5. The highest BCUT2D eigenvalue weighted by molar-refractivity contribution is 6.32. The van der Waals surface area contributed by atoms with Crippen LogP contribution in [0.1, 0.15) is 36.8 Å². The second-order valence-corrected chi connectivity index (χ2v) is 7.83. The Labute approximate surface area is 187 Å². The van der Waals surface area contributed by atoms with Crippen molar-refractivity contribution in [2.24, 2.45) is 15.7 Å². The number of aryl methyl sites for hydroxylation is 1. The summed E-state index contributed by atoms with van der Waals surface area (Å²) in [6.07, 6.45) is 3.95. The van der Waals surface area contributed by atoms with Crippen LogP contribution < -0.4 is 5.73 Å². The van der Waals surface area contributed by atoms with E-state index in [9.17, 15) is 4.39 Å². The maximum Gasteiger partial charge on any atom is 0.152 e. The van der Waals surface area contributed by atoms with Gasteiger partial charge >= 0.3 is 0 Å². The average molecular weight is 455 g/mol. The van der Waals surface area contributed by atoms with Crippen LogP contribution in [0.5, 0.6) is 0 Å². The second kappa shape index (κ2) is 11.6. The molecular formula is C21H29Cl2FN6. The van der Waals surface area contributed by atoms with Gasteiger partial charge in [0.25, 0.3) is 0 Å². The molecule has 1 fully saturated rings. The quantitative estimate of drug-likeness (QED) is 0.622. The Morgan fingerprint density at radius 1 is 1.33 bits per heavy atom. The first kappa shape index (κ1) is 24.5. The molecule has 0 amide bonds. The molecule has 1 aromatic carbocycles. The summed E-state index contributed by atoms with van der Waals surface area (Å²) in [6.45, 7) is 7.67. The minimum absolute atomic E-state index is 0.239. The molecule has 0 radical (unpaired) electrons. The summed E-state index contributed by atoms with van der Waals surface area (Å²) in [5, 5.41) is 5.23.